The van der Waals surface area contributed by atoms with Gasteiger partial charge in [-0.1, -0.05) is 12.1 Å². The molecule has 1 aromatic carbocycles. The van der Waals surface area contributed by atoms with Crippen LogP contribution in [0.5, 0.6) is 0 Å². The summed E-state index contributed by atoms with van der Waals surface area (Å²) in [4.78, 5) is 15.2. The van der Waals surface area contributed by atoms with Crippen LogP contribution < -0.4 is 5.32 Å². The Kier molecular flexibility index (Phi) is 4.60. The van der Waals surface area contributed by atoms with Crippen LogP contribution in [0, 0.1) is 0 Å². The molecule has 1 fully saturated rings. The zero-order chi connectivity index (χ0) is 14.8. The number of nitrogens with zero attached hydrogens (tertiary/aromatic N) is 1. The molecule has 0 aromatic heterocycles. The van der Waals surface area contributed by atoms with Crippen molar-refractivity contribution >= 4 is 23.5 Å². The molecule has 4 nitrogen and oxygen atoms in total. The Hall–Kier alpha value is -1.20. The van der Waals surface area contributed by atoms with Gasteiger partial charge in [-0.05, 0) is 45.1 Å². The first-order valence-electron chi connectivity index (χ1n) is 6.86. The third kappa shape index (κ3) is 3.27. The van der Waals surface area contributed by atoms with Crippen LogP contribution in [0.3, 0.4) is 0 Å². The Morgan fingerprint density at radius 3 is 2.80 bits per heavy atom. The molecule has 1 heterocycles. The van der Waals surface area contributed by atoms with E-state index >= 15 is 0 Å². The number of aliphatic hydroxyl groups is 1. The second-order valence-corrected chi connectivity index (χ2v) is 6.48. The topological polar surface area (TPSA) is 52.6 Å². The van der Waals surface area contributed by atoms with Crippen LogP contribution in [0.1, 0.15) is 26.7 Å². The monoisotopic (exact) mass is 294 g/mol. The van der Waals surface area contributed by atoms with E-state index in [9.17, 15) is 9.90 Å². The van der Waals surface area contributed by atoms with Crippen molar-refractivity contribution in [1.82, 2.24) is 4.90 Å². The van der Waals surface area contributed by atoms with Crippen LogP contribution in [-0.2, 0) is 0 Å². The number of anilines is 1. The fourth-order valence-corrected chi connectivity index (χ4v) is 3.23. The van der Waals surface area contributed by atoms with Gasteiger partial charge in [0, 0.05) is 11.4 Å². The van der Waals surface area contributed by atoms with Gasteiger partial charge in [-0.3, -0.25) is 0 Å². The highest BCUT2D eigenvalue weighted by Crippen LogP contribution is 2.29. The summed E-state index contributed by atoms with van der Waals surface area (Å²) in [7, 11) is 0. The minimum atomic E-state index is -0.868. The number of thioether (sulfide) groups is 1. The van der Waals surface area contributed by atoms with Crippen molar-refractivity contribution in [2.24, 2.45) is 0 Å². The highest BCUT2D eigenvalue weighted by atomic mass is 32.2. The molecule has 0 radical (unpaired) electrons. The second-order valence-electron chi connectivity index (χ2n) is 5.64. The normalized spacial score (nSPS) is 19.2. The van der Waals surface area contributed by atoms with Gasteiger partial charge < -0.3 is 15.3 Å². The first-order chi connectivity index (χ1) is 9.43. The first kappa shape index (κ1) is 15.2. The van der Waals surface area contributed by atoms with Crippen molar-refractivity contribution in [3.8, 4) is 0 Å². The van der Waals surface area contributed by atoms with Crippen LogP contribution in [0.15, 0.2) is 29.2 Å². The van der Waals surface area contributed by atoms with E-state index in [2.05, 4.69) is 5.32 Å². The minimum Gasteiger partial charge on any atom is -0.388 e. The molecule has 1 unspecified atom stereocenters. The third-order valence-electron chi connectivity index (χ3n) is 3.68. The first-order valence-corrected chi connectivity index (χ1v) is 8.09. The number of rotatable bonds is 3. The third-order valence-corrected chi connectivity index (χ3v) is 4.47. The Bertz CT molecular complexity index is 485. The highest BCUT2D eigenvalue weighted by molar-refractivity contribution is 7.98. The number of hydrogen-bond donors (Lipinski definition) is 2. The predicted molar refractivity (Wildman–Crippen MR) is 83.3 cm³/mol. The molecule has 2 N–H and O–H groups in total. The number of amides is 2. The average molecular weight is 294 g/mol. The predicted octanol–water partition coefficient (Wildman–Crippen LogP) is 3.18. The van der Waals surface area contributed by atoms with E-state index in [1.165, 1.54) is 0 Å². The SMILES string of the molecule is CSc1ccccc1NC(=O)N1CCCC1C(C)(C)O. The summed E-state index contributed by atoms with van der Waals surface area (Å²) in [6.07, 6.45) is 3.77. The Labute approximate surface area is 124 Å². The van der Waals surface area contributed by atoms with Crippen LogP contribution in [0.4, 0.5) is 10.5 Å². The zero-order valence-electron chi connectivity index (χ0n) is 12.2. The Morgan fingerprint density at radius 2 is 2.15 bits per heavy atom. The summed E-state index contributed by atoms with van der Waals surface area (Å²) in [5.74, 6) is 0. The van der Waals surface area contributed by atoms with E-state index in [0.29, 0.717) is 6.54 Å². The maximum atomic E-state index is 12.4. The molecule has 1 aliphatic heterocycles. The molecular formula is C15H22N2O2S. The highest BCUT2D eigenvalue weighted by Gasteiger charge is 2.38. The number of para-hydroxylation sites is 1. The summed E-state index contributed by atoms with van der Waals surface area (Å²) in [6, 6.07) is 7.50. The molecule has 1 aliphatic rings. The van der Waals surface area contributed by atoms with Gasteiger partial charge in [-0.25, -0.2) is 4.79 Å². The summed E-state index contributed by atoms with van der Waals surface area (Å²) in [5.41, 5.74) is -0.0428. The Morgan fingerprint density at radius 1 is 1.45 bits per heavy atom. The summed E-state index contributed by atoms with van der Waals surface area (Å²) >= 11 is 1.60. The van der Waals surface area contributed by atoms with E-state index in [1.54, 1.807) is 30.5 Å². The van der Waals surface area contributed by atoms with Crippen molar-refractivity contribution in [2.75, 3.05) is 18.1 Å². The number of urea groups is 1. The van der Waals surface area contributed by atoms with Gasteiger partial charge in [0.2, 0.25) is 0 Å². The van der Waals surface area contributed by atoms with Crippen molar-refractivity contribution in [3.05, 3.63) is 24.3 Å². The lowest BCUT2D eigenvalue weighted by Crippen LogP contribution is -2.49. The average Bonchev–Trinajstić information content (AvgIpc) is 2.88. The van der Waals surface area contributed by atoms with Crippen molar-refractivity contribution in [3.63, 3.8) is 0 Å². The smallest absolute Gasteiger partial charge is 0.322 e. The summed E-state index contributed by atoms with van der Waals surface area (Å²) in [5, 5.41) is 13.1. The molecule has 5 heteroatoms. The number of carbonyl (C=O) groups is 1. The van der Waals surface area contributed by atoms with E-state index in [1.807, 2.05) is 30.5 Å². The molecule has 1 saturated heterocycles. The molecule has 0 aliphatic carbocycles. The van der Waals surface area contributed by atoms with Crippen molar-refractivity contribution in [2.45, 2.75) is 43.2 Å². The van der Waals surface area contributed by atoms with E-state index in [4.69, 9.17) is 0 Å². The van der Waals surface area contributed by atoms with Gasteiger partial charge >= 0.3 is 6.03 Å². The fraction of sp³-hybridized carbons (Fsp3) is 0.533. The number of carbonyl (C=O) groups excluding carboxylic acids is 1. The summed E-state index contributed by atoms with van der Waals surface area (Å²) < 4.78 is 0. The Balaban J connectivity index is 2.12. The number of benzene rings is 1. The molecule has 0 bridgehead atoms. The molecule has 2 amide bonds. The fourth-order valence-electron chi connectivity index (χ4n) is 2.68. The summed E-state index contributed by atoms with van der Waals surface area (Å²) in [6.45, 7) is 4.22. The van der Waals surface area contributed by atoms with Gasteiger partial charge in [0.05, 0.1) is 17.3 Å². The second kappa shape index (κ2) is 6.06. The number of hydrogen-bond acceptors (Lipinski definition) is 3. The lowest BCUT2D eigenvalue weighted by atomic mass is 9.97. The molecule has 0 saturated carbocycles. The molecule has 110 valence electrons. The van der Waals surface area contributed by atoms with Crippen molar-refractivity contribution < 1.29 is 9.90 Å². The maximum Gasteiger partial charge on any atom is 0.322 e. The maximum absolute atomic E-state index is 12.4. The molecule has 0 spiro atoms. The van der Waals surface area contributed by atoms with Crippen LogP contribution in [0.25, 0.3) is 0 Å². The van der Waals surface area contributed by atoms with Gasteiger partial charge in [0.1, 0.15) is 0 Å². The van der Waals surface area contributed by atoms with Gasteiger partial charge in [-0.15, -0.1) is 11.8 Å². The standard InChI is InChI=1S/C15H22N2O2S/c1-15(2,19)13-9-6-10-17(13)14(18)16-11-7-4-5-8-12(11)20-3/h4-5,7-8,13,19H,6,9-10H2,1-3H3,(H,16,18). The molecule has 1 aromatic rings. The van der Waals surface area contributed by atoms with Crippen LogP contribution in [-0.4, -0.2) is 40.5 Å². The quantitative estimate of drug-likeness (QED) is 0.842. The molecule has 2 rings (SSSR count). The number of likely N-dealkylation sites (tertiary alicyclic amines) is 1. The van der Waals surface area contributed by atoms with E-state index in [-0.39, 0.29) is 12.1 Å². The van der Waals surface area contributed by atoms with Gasteiger partial charge in [-0.2, -0.15) is 0 Å². The molecule has 20 heavy (non-hydrogen) atoms. The van der Waals surface area contributed by atoms with Gasteiger partial charge in [0.25, 0.3) is 0 Å². The van der Waals surface area contributed by atoms with Crippen LogP contribution >= 0.6 is 11.8 Å². The lowest BCUT2D eigenvalue weighted by molar-refractivity contribution is 0.0117. The minimum absolute atomic E-state index is 0.121. The largest absolute Gasteiger partial charge is 0.388 e. The van der Waals surface area contributed by atoms with Gasteiger partial charge in [0.15, 0.2) is 0 Å². The van der Waals surface area contributed by atoms with E-state index < -0.39 is 5.60 Å². The van der Waals surface area contributed by atoms with E-state index in [0.717, 1.165) is 23.4 Å². The van der Waals surface area contributed by atoms with Crippen LogP contribution in [0.2, 0.25) is 0 Å². The zero-order valence-corrected chi connectivity index (χ0v) is 13.0. The lowest BCUT2D eigenvalue weighted by Gasteiger charge is -2.33. The number of nitrogens with one attached hydrogen (secondary N) is 1. The van der Waals surface area contributed by atoms with Crippen molar-refractivity contribution in [1.29, 1.82) is 0 Å². The molecule has 1 atom stereocenters. The molecular weight excluding hydrogens is 272 g/mol.